The van der Waals surface area contributed by atoms with Crippen LogP contribution in [0.2, 0.25) is 0 Å². The molecule has 0 spiro atoms. The number of benzene rings is 1. The minimum absolute atomic E-state index is 0.114. The van der Waals surface area contributed by atoms with E-state index in [0.29, 0.717) is 24.2 Å². The fourth-order valence-corrected chi connectivity index (χ4v) is 5.51. The zero-order chi connectivity index (χ0) is 25.2. The maximum atomic E-state index is 13.3. The average Bonchev–Trinajstić information content (AvgIpc) is 3.16. The lowest BCUT2D eigenvalue weighted by molar-refractivity contribution is -0.286. The van der Waals surface area contributed by atoms with Crippen LogP contribution in [0.5, 0.6) is 11.5 Å². The number of hydrogen-bond donors (Lipinski definition) is 0. The molecule has 35 heavy (non-hydrogen) atoms. The highest BCUT2D eigenvalue weighted by Crippen LogP contribution is 2.42. The molecule has 2 aliphatic rings. The first-order valence-corrected chi connectivity index (χ1v) is 12.2. The van der Waals surface area contributed by atoms with Crippen molar-refractivity contribution in [2.75, 3.05) is 18.0 Å². The van der Waals surface area contributed by atoms with Gasteiger partial charge in [-0.25, -0.2) is 13.4 Å². The lowest BCUT2D eigenvalue weighted by Gasteiger charge is -2.37. The first-order chi connectivity index (χ1) is 16.7. The SMILES string of the molecule is C=C/C=C(\C=C)C(=O)N(c1ccccn1)C1CCN(S(=O)(=O)c2ccc3c(c2)OC(F)(F)O3)CC1. The Morgan fingerprint density at radius 1 is 1.14 bits per heavy atom. The number of amides is 1. The van der Waals surface area contributed by atoms with E-state index in [1.807, 2.05) is 0 Å². The summed E-state index contributed by atoms with van der Waals surface area (Å²) in [5.41, 5.74) is 0.331. The molecule has 0 unspecified atom stereocenters. The van der Waals surface area contributed by atoms with Crippen LogP contribution in [-0.2, 0) is 14.8 Å². The molecule has 2 aliphatic heterocycles. The molecule has 0 N–H and O–H groups in total. The number of ether oxygens (including phenoxy) is 2. The fraction of sp³-hybridized carbons (Fsp3) is 0.250. The van der Waals surface area contributed by atoms with E-state index in [1.165, 1.54) is 22.5 Å². The number of fused-ring (bicyclic) bond motifs is 1. The van der Waals surface area contributed by atoms with Crippen molar-refractivity contribution in [2.24, 2.45) is 0 Å². The third kappa shape index (κ3) is 4.96. The van der Waals surface area contributed by atoms with Crippen molar-refractivity contribution in [3.05, 3.63) is 79.6 Å². The van der Waals surface area contributed by atoms with Gasteiger partial charge in [-0.1, -0.05) is 37.5 Å². The predicted molar refractivity (Wildman–Crippen MR) is 125 cm³/mol. The normalized spacial score (nSPS) is 18.2. The number of hydrogen-bond acceptors (Lipinski definition) is 6. The quantitative estimate of drug-likeness (QED) is 0.421. The monoisotopic (exact) mass is 503 g/mol. The molecule has 2 aromatic rings. The topological polar surface area (TPSA) is 89.0 Å². The molecule has 0 radical (unpaired) electrons. The van der Waals surface area contributed by atoms with Crippen molar-refractivity contribution in [3.63, 3.8) is 0 Å². The molecule has 1 aromatic carbocycles. The van der Waals surface area contributed by atoms with Gasteiger partial charge in [0.2, 0.25) is 10.0 Å². The fourth-order valence-electron chi connectivity index (χ4n) is 4.03. The molecular weight excluding hydrogens is 480 g/mol. The zero-order valence-electron chi connectivity index (χ0n) is 18.6. The van der Waals surface area contributed by atoms with Gasteiger partial charge in [0.05, 0.1) is 4.90 Å². The highest BCUT2D eigenvalue weighted by Gasteiger charge is 2.44. The summed E-state index contributed by atoms with van der Waals surface area (Å²) in [5, 5.41) is 0. The molecule has 3 heterocycles. The number of nitrogens with zero attached hydrogens (tertiary/aromatic N) is 3. The number of pyridine rings is 1. The summed E-state index contributed by atoms with van der Waals surface area (Å²) in [4.78, 5) is 19.0. The van der Waals surface area contributed by atoms with Crippen LogP contribution in [-0.4, -0.2) is 49.0 Å². The van der Waals surface area contributed by atoms with Crippen molar-refractivity contribution < 1.29 is 31.5 Å². The third-order valence-electron chi connectivity index (χ3n) is 5.68. The summed E-state index contributed by atoms with van der Waals surface area (Å²) in [6, 6.07) is 8.24. The molecule has 0 atom stereocenters. The van der Waals surface area contributed by atoms with Gasteiger partial charge in [-0.15, -0.1) is 8.78 Å². The highest BCUT2D eigenvalue weighted by atomic mass is 32.2. The third-order valence-corrected chi connectivity index (χ3v) is 7.57. The number of halogens is 2. The van der Waals surface area contributed by atoms with Gasteiger partial charge in [0.15, 0.2) is 11.5 Å². The van der Waals surface area contributed by atoms with E-state index in [1.54, 1.807) is 35.4 Å². The number of sulfonamides is 1. The van der Waals surface area contributed by atoms with Gasteiger partial charge in [0.25, 0.3) is 5.91 Å². The summed E-state index contributed by atoms with van der Waals surface area (Å²) in [7, 11) is -3.99. The van der Waals surface area contributed by atoms with Crippen LogP contribution in [0.3, 0.4) is 0 Å². The molecular formula is C24H23F2N3O5S. The van der Waals surface area contributed by atoms with Gasteiger partial charge in [-0.3, -0.25) is 9.69 Å². The lowest BCUT2D eigenvalue weighted by atomic mass is 10.0. The van der Waals surface area contributed by atoms with Crippen molar-refractivity contribution in [1.29, 1.82) is 0 Å². The van der Waals surface area contributed by atoms with Crippen molar-refractivity contribution in [3.8, 4) is 11.5 Å². The summed E-state index contributed by atoms with van der Waals surface area (Å²) in [5.74, 6) is -0.462. The summed E-state index contributed by atoms with van der Waals surface area (Å²) in [6.45, 7) is 7.55. The Labute approximate surface area is 201 Å². The minimum Gasteiger partial charge on any atom is -0.395 e. The lowest BCUT2D eigenvalue weighted by Crippen LogP contribution is -2.49. The van der Waals surface area contributed by atoms with Crippen LogP contribution in [0.25, 0.3) is 0 Å². The Kier molecular flexibility index (Phi) is 6.73. The Balaban J connectivity index is 1.54. The Hall–Kier alpha value is -3.57. The second-order valence-electron chi connectivity index (χ2n) is 7.84. The van der Waals surface area contributed by atoms with Gasteiger partial charge in [0.1, 0.15) is 5.82 Å². The summed E-state index contributed by atoms with van der Waals surface area (Å²) >= 11 is 0. The van der Waals surface area contributed by atoms with Crippen molar-refractivity contribution in [1.82, 2.24) is 9.29 Å². The molecule has 1 aromatic heterocycles. The molecule has 1 fully saturated rings. The maximum Gasteiger partial charge on any atom is 0.586 e. The van der Waals surface area contributed by atoms with Crippen LogP contribution in [0.1, 0.15) is 12.8 Å². The number of rotatable bonds is 7. The summed E-state index contributed by atoms with van der Waals surface area (Å²) in [6.07, 6.45) is 2.88. The zero-order valence-corrected chi connectivity index (χ0v) is 19.5. The van der Waals surface area contributed by atoms with E-state index in [-0.39, 0.29) is 41.4 Å². The van der Waals surface area contributed by atoms with Crippen molar-refractivity contribution in [2.45, 2.75) is 30.1 Å². The van der Waals surface area contributed by atoms with Crippen LogP contribution >= 0.6 is 0 Å². The first-order valence-electron chi connectivity index (χ1n) is 10.8. The number of piperidine rings is 1. The largest absolute Gasteiger partial charge is 0.586 e. The predicted octanol–water partition coefficient (Wildman–Crippen LogP) is 3.89. The van der Waals surface area contributed by atoms with Gasteiger partial charge in [-0.2, -0.15) is 4.31 Å². The first kappa shape index (κ1) is 24.6. The van der Waals surface area contributed by atoms with E-state index < -0.39 is 16.3 Å². The molecule has 1 saturated heterocycles. The number of anilines is 1. The van der Waals surface area contributed by atoms with Crippen LogP contribution in [0.4, 0.5) is 14.6 Å². The van der Waals surface area contributed by atoms with Crippen LogP contribution < -0.4 is 14.4 Å². The second-order valence-corrected chi connectivity index (χ2v) is 9.77. The van der Waals surface area contributed by atoms with Crippen LogP contribution in [0, 0.1) is 0 Å². The van der Waals surface area contributed by atoms with Crippen molar-refractivity contribution >= 4 is 21.7 Å². The number of alkyl halides is 2. The Morgan fingerprint density at radius 3 is 2.49 bits per heavy atom. The molecule has 0 aliphatic carbocycles. The standard InChI is InChI=1S/C24H23F2N3O5S/c1-3-7-17(4-2)23(30)29(22-8-5-6-13-27-22)18-11-14-28(15-12-18)35(31,32)19-9-10-20-21(16-19)34-24(25,26)33-20/h3-10,13,16,18H,1-2,11-12,14-15H2/b17-7+. The molecule has 184 valence electrons. The number of carbonyl (C=O) groups is 1. The van der Waals surface area contributed by atoms with Gasteiger partial charge in [-0.05, 0) is 37.1 Å². The maximum absolute atomic E-state index is 13.3. The molecule has 0 saturated carbocycles. The summed E-state index contributed by atoms with van der Waals surface area (Å²) < 4.78 is 63.0. The van der Waals surface area contributed by atoms with E-state index in [0.717, 1.165) is 12.1 Å². The van der Waals surface area contributed by atoms with E-state index in [2.05, 4.69) is 27.6 Å². The average molecular weight is 504 g/mol. The Bertz CT molecular complexity index is 1270. The number of carbonyl (C=O) groups excluding carboxylic acids is 1. The van der Waals surface area contributed by atoms with Gasteiger partial charge < -0.3 is 9.47 Å². The van der Waals surface area contributed by atoms with Crippen LogP contribution in [0.15, 0.2) is 84.4 Å². The molecule has 8 nitrogen and oxygen atoms in total. The van der Waals surface area contributed by atoms with E-state index >= 15 is 0 Å². The number of allylic oxidation sites excluding steroid dienone is 2. The molecule has 11 heteroatoms. The van der Waals surface area contributed by atoms with Gasteiger partial charge in [0, 0.05) is 37.0 Å². The molecule has 1 amide bonds. The molecule has 4 rings (SSSR count). The smallest absolute Gasteiger partial charge is 0.395 e. The highest BCUT2D eigenvalue weighted by molar-refractivity contribution is 7.89. The van der Waals surface area contributed by atoms with E-state index in [9.17, 15) is 22.0 Å². The Morgan fingerprint density at radius 2 is 1.86 bits per heavy atom. The number of aromatic nitrogens is 1. The van der Waals surface area contributed by atoms with E-state index in [4.69, 9.17) is 0 Å². The second kappa shape index (κ2) is 9.59. The minimum atomic E-state index is -3.99. The molecule has 0 bridgehead atoms. The van der Waals surface area contributed by atoms with Gasteiger partial charge >= 0.3 is 6.29 Å².